The smallest absolute Gasteiger partial charge is 0.276 e. The molecule has 2 fully saturated rings. The Labute approximate surface area is 154 Å². The van der Waals surface area contributed by atoms with Crippen LogP contribution >= 0.6 is 0 Å². The Morgan fingerprint density at radius 2 is 1.88 bits per heavy atom. The summed E-state index contributed by atoms with van der Waals surface area (Å²) in [5.74, 6) is 0.538. The van der Waals surface area contributed by atoms with Crippen molar-refractivity contribution in [2.24, 2.45) is 11.7 Å². The number of nitrogens with zero attached hydrogens (tertiary/aromatic N) is 4. The van der Waals surface area contributed by atoms with Gasteiger partial charge in [-0.15, -0.1) is 5.10 Å². The third-order valence-electron chi connectivity index (χ3n) is 5.79. The summed E-state index contributed by atoms with van der Waals surface area (Å²) in [4.78, 5) is 14.7. The second-order valence-electron chi connectivity index (χ2n) is 7.75. The van der Waals surface area contributed by atoms with E-state index in [4.69, 9.17) is 5.73 Å². The Bertz CT molecular complexity index is 736. The van der Waals surface area contributed by atoms with Crippen LogP contribution in [0.15, 0.2) is 36.5 Å². The highest BCUT2D eigenvalue weighted by molar-refractivity contribution is 5.92. The predicted molar refractivity (Wildman–Crippen MR) is 99.7 cm³/mol. The van der Waals surface area contributed by atoms with E-state index in [-0.39, 0.29) is 5.91 Å². The summed E-state index contributed by atoms with van der Waals surface area (Å²) in [6.07, 6.45) is 7.97. The maximum atomic E-state index is 12.8. The number of rotatable bonds is 4. The van der Waals surface area contributed by atoms with Gasteiger partial charge in [0.05, 0.1) is 12.2 Å². The van der Waals surface area contributed by atoms with Gasteiger partial charge in [0.2, 0.25) is 0 Å². The van der Waals surface area contributed by atoms with Crippen molar-refractivity contribution in [2.75, 3.05) is 13.1 Å². The summed E-state index contributed by atoms with van der Waals surface area (Å²) in [6, 6.07) is 11.1. The van der Waals surface area contributed by atoms with E-state index in [1.807, 2.05) is 21.8 Å². The molecule has 0 spiro atoms. The van der Waals surface area contributed by atoms with Gasteiger partial charge in [-0.3, -0.25) is 4.79 Å². The first-order valence-electron chi connectivity index (χ1n) is 9.69. The number of carbonyl (C=O) groups excluding carboxylic acids is 1. The minimum Gasteiger partial charge on any atom is -0.337 e. The van der Waals surface area contributed by atoms with Crippen LogP contribution in [0.5, 0.6) is 0 Å². The molecule has 2 N–H and O–H groups in total. The van der Waals surface area contributed by atoms with Crippen molar-refractivity contribution in [2.45, 2.75) is 50.6 Å². The van der Waals surface area contributed by atoms with Gasteiger partial charge in [0, 0.05) is 19.1 Å². The summed E-state index contributed by atoms with van der Waals surface area (Å²) < 4.78 is 1.87. The van der Waals surface area contributed by atoms with Gasteiger partial charge in [-0.1, -0.05) is 35.5 Å². The van der Waals surface area contributed by atoms with Crippen LogP contribution in [-0.2, 0) is 6.42 Å². The van der Waals surface area contributed by atoms with E-state index in [9.17, 15) is 4.79 Å². The van der Waals surface area contributed by atoms with Crippen LogP contribution in [0.3, 0.4) is 0 Å². The standard InChI is InChI=1S/C20H27N5O/c21-17-6-8-18(9-7-17)25-14-19(22-23-25)20(26)24-11-10-16(13-24)12-15-4-2-1-3-5-15/h1-5,14,16-18H,6-13,21H2/t16-,17?,18?/m1/s1. The minimum absolute atomic E-state index is 0.0133. The molecule has 1 amide bonds. The molecule has 1 saturated heterocycles. The molecule has 0 radical (unpaired) electrons. The Hall–Kier alpha value is -2.21. The number of likely N-dealkylation sites (tertiary alicyclic amines) is 1. The summed E-state index contributed by atoms with van der Waals surface area (Å²) in [6.45, 7) is 1.61. The minimum atomic E-state index is 0.0133. The molecule has 138 valence electrons. The lowest BCUT2D eigenvalue weighted by Crippen LogP contribution is -2.29. The highest BCUT2D eigenvalue weighted by atomic mass is 16.2. The number of amides is 1. The van der Waals surface area contributed by atoms with Gasteiger partial charge in [-0.05, 0) is 50.0 Å². The van der Waals surface area contributed by atoms with Crippen LogP contribution in [-0.4, -0.2) is 44.9 Å². The molecule has 1 aromatic heterocycles. The second kappa shape index (κ2) is 7.58. The quantitative estimate of drug-likeness (QED) is 0.916. The van der Waals surface area contributed by atoms with E-state index in [1.165, 1.54) is 5.56 Å². The lowest BCUT2D eigenvalue weighted by atomic mass is 9.92. The zero-order valence-electron chi connectivity index (χ0n) is 15.1. The summed E-state index contributed by atoms with van der Waals surface area (Å²) in [5, 5.41) is 8.38. The maximum absolute atomic E-state index is 12.8. The number of hydrogen-bond donors (Lipinski definition) is 1. The molecular formula is C20H27N5O. The molecule has 0 bridgehead atoms. The summed E-state index contributed by atoms with van der Waals surface area (Å²) >= 11 is 0. The Kier molecular flexibility index (Phi) is 5.02. The van der Waals surface area contributed by atoms with Crippen molar-refractivity contribution in [3.8, 4) is 0 Å². The van der Waals surface area contributed by atoms with Crippen LogP contribution in [0.1, 0.15) is 54.2 Å². The fourth-order valence-electron chi connectivity index (χ4n) is 4.21. The van der Waals surface area contributed by atoms with Crippen LogP contribution in [0.25, 0.3) is 0 Å². The number of aromatic nitrogens is 3. The normalized spacial score (nSPS) is 26.2. The van der Waals surface area contributed by atoms with Crippen molar-refractivity contribution in [3.05, 3.63) is 47.8 Å². The first-order valence-corrected chi connectivity index (χ1v) is 9.69. The van der Waals surface area contributed by atoms with E-state index in [1.54, 1.807) is 0 Å². The number of nitrogens with two attached hydrogens (primary N) is 1. The number of benzene rings is 1. The van der Waals surface area contributed by atoms with E-state index >= 15 is 0 Å². The van der Waals surface area contributed by atoms with E-state index in [0.717, 1.165) is 51.6 Å². The molecule has 1 saturated carbocycles. The van der Waals surface area contributed by atoms with Crippen LogP contribution in [0, 0.1) is 5.92 Å². The SMILES string of the molecule is NC1CCC(n2cc(C(=O)N3CC[C@H](Cc4ccccc4)C3)nn2)CC1. The molecule has 6 heteroatoms. The molecule has 1 aliphatic carbocycles. The van der Waals surface area contributed by atoms with Crippen molar-refractivity contribution in [1.29, 1.82) is 0 Å². The molecule has 1 aliphatic heterocycles. The largest absolute Gasteiger partial charge is 0.337 e. The molecule has 1 atom stereocenters. The first-order chi connectivity index (χ1) is 12.7. The Balaban J connectivity index is 1.35. The van der Waals surface area contributed by atoms with Gasteiger partial charge < -0.3 is 10.6 Å². The maximum Gasteiger partial charge on any atom is 0.276 e. The van der Waals surface area contributed by atoms with Crippen molar-refractivity contribution >= 4 is 5.91 Å². The van der Waals surface area contributed by atoms with E-state index < -0.39 is 0 Å². The van der Waals surface area contributed by atoms with Crippen molar-refractivity contribution in [3.63, 3.8) is 0 Å². The molecule has 2 aromatic rings. The molecule has 6 nitrogen and oxygen atoms in total. The van der Waals surface area contributed by atoms with Crippen molar-refractivity contribution in [1.82, 2.24) is 19.9 Å². The second-order valence-corrected chi connectivity index (χ2v) is 7.75. The summed E-state index contributed by atoms with van der Waals surface area (Å²) in [5.41, 5.74) is 7.79. The average Bonchev–Trinajstić information content (AvgIpc) is 3.33. The fraction of sp³-hybridized carbons (Fsp3) is 0.550. The molecule has 0 unspecified atom stereocenters. The fourth-order valence-corrected chi connectivity index (χ4v) is 4.21. The van der Waals surface area contributed by atoms with Crippen molar-refractivity contribution < 1.29 is 4.79 Å². The zero-order valence-corrected chi connectivity index (χ0v) is 15.1. The van der Waals surface area contributed by atoms with Crippen LogP contribution in [0.2, 0.25) is 0 Å². The Morgan fingerprint density at radius 1 is 1.12 bits per heavy atom. The van der Waals surface area contributed by atoms with Gasteiger partial charge in [0.1, 0.15) is 0 Å². The Morgan fingerprint density at radius 3 is 2.65 bits per heavy atom. The topological polar surface area (TPSA) is 77.0 Å². The van der Waals surface area contributed by atoms with Gasteiger partial charge in [-0.25, -0.2) is 4.68 Å². The predicted octanol–water partition coefficient (Wildman–Crippen LogP) is 2.43. The molecular weight excluding hydrogens is 326 g/mol. The monoisotopic (exact) mass is 353 g/mol. The van der Waals surface area contributed by atoms with Gasteiger partial charge >= 0.3 is 0 Å². The highest BCUT2D eigenvalue weighted by Gasteiger charge is 2.29. The van der Waals surface area contributed by atoms with Gasteiger partial charge in [0.25, 0.3) is 5.91 Å². The third-order valence-corrected chi connectivity index (χ3v) is 5.79. The molecule has 1 aromatic carbocycles. The average molecular weight is 353 g/mol. The van der Waals surface area contributed by atoms with Gasteiger partial charge in [-0.2, -0.15) is 0 Å². The van der Waals surface area contributed by atoms with Crippen LogP contribution in [0.4, 0.5) is 0 Å². The lowest BCUT2D eigenvalue weighted by molar-refractivity contribution is 0.0781. The van der Waals surface area contributed by atoms with Crippen LogP contribution < -0.4 is 5.73 Å². The molecule has 4 rings (SSSR count). The molecule has 2 aliphatic rings. The van der Waals surface area contributed by atoms with E-state index in [2.05, 4.69) is 34.6 Å². The van der Waals surface area contributed by atoms with E-state index in [0.29, 0.717) is 23.7 Å². The zero-order chi connectivity index (χ0) is 17.9. The number of hydrogen-bond acceptors (Lipinski definition) is 4. The molecule has 26 heavy (non-hydrogen) atoms. The first kappa shape index (κ1) is 17.2. The summed E-state index contributed by atoms with van der Waals surface area (Å²) in [7, 11) is 0. The molecule has 2 heterocycles. The number of carbonyl (C=O) groups is 1. The lowest BCUT2D eigenvalue weighted by Gasteiger charge is -2.25. The highest BCUT2D eigenvalue weighted by Crippen LogP contribution is 2.27. The van der Waals surface area contributed by atoms with Gasteiger partial charge in [0.15, 0.2) is 5.69 Å². The third kappa shape index (κ3) is 3.80.